The van der Waals surface area contributed by atoms with E-state index in [1.165, 1.54) is 24.9 Å². The molecule has 5 atom stereocenters. The number of methoxy groups -OCH3 is 1. The van der Waals surface area contributed by atoms with E-state index in [2.05, 4.69) is 19.6 Å². The molecule has 0 unspecified atom stereocenters. The molecule has 36 heavy (non-hydrogen) atoms. The van der Waals surface area contributed by atoms with Crippen LogP contribution in [0.4, 0.5) is 5.69 Å². The van der Waals surface area contributed by atoms with Gasteiger partial charge in [-0.15, -0.1) is 0 Å². The zero-order valence-electron chi connectivity index (χ0n) is 21.1. The minimum atomic E-state index is -1.28. The quantitative estimate of drug-likeness (QED) is 0.0695. The monoisotopic (exact) mass is 559 g/mol. The first kappa shape index (κ1) is 29.0. The maximum atomic E-state index is 12.3. The number of thiocarbonyl (C=S) groups is 1. The van der Waals surface area contributed by atoms with Crippen LogP contribution in [0.25, 0.3) is 0 Å². The lowest BCUT2D eigenvalue weighted by Gasteiger charge is -2.47. The summed E-state index contributed by atoms with van der Waals surface area (Å²) in [7, 11) is 0.0387. The molecule has 0 N–H and O–H groups in total. The van der Waals surface area contributed by atoms with Crippen molar-refractivity contribution < 1.29 is 38.1 Å². The smallest absolute Gasteiger partial charge is 0.307 e. The van der Waals surface area contributed by atoms with Crippen molar-refractivity contribution in [1.82, 2.24) is 0 Å². The number of esters is 1. The van der Waals surface area contributed by atoms with Crippen LogP contribution in [0.2, 0.25) is 25.7 Å². The van der Waals surface area contributed by atoms with Crippen molar-refractivity contribution in [3.8, 4) is 0 Å². The fourth-order valence-electron chi connectivity index (χ4n) is 4.06. The first-order valence-corrected chi connectivity index (χ1v) is 16.5. The molecule has 0 amide bonds. The summed E-state index contributed by atoms with van der Waals surface area (Å²) < 4.78 is 34.4. The average Bonchev–Trinajstić information content (AvgIpc) is 3.15. The van der Waals surface area contributed by atoms with E-state index in [9.17, 15) is 14.9 Å². The van der Waals surface area contributed by atoms with E-state index < -0.39 is 48.3 Å². The SMILES string of the molecule is COC(=O)C[C@@]12SC(=S)O[C@@H]1[C@@H](OCOCC[Si](C)(C)C)[C@H](OCc1ccccc1[N+](=O)[O-])O[C@@H]2C. The van der Waals surface area contributed by atoms with Crippen LogP contribution in [-0.4, -0.2) is 73.2 Å². The number of thioether (sulfide) groups is 1. The number of nitro benzene ring substituents is 1. The Morgan fingerprint density at radius 3 is 2.67 bits per heavy atom. The molecule has 2 aliphatic heterocycles. The third kappa shape index (κ3) is 7.03. The third-order valence-electron chi connectivity index (χ3n) is 6.15. The minimum absolute atomic E-state index is 0.00659. The first-order chi connectivity index (χ1) is 17.0. The van der Waals surface area contributed by atoms with Crippen LogP contribution >= 0.6 is 24.0 Å². The number of fused-ring (bicyclic) bond motifs is 1. The summed E-state index contributed by atoms with van der Waals surface area (Å²) in [5.41, 5.74) is 0.343. The Hall–Kier alpha value is -1.61. The molecule has 2 saturated heterocycles. The van der Waals surface area contributed by atoms with Crippen LogP contribution in [0, 0.1) is 10.1 Å². The predicted octanol–water partition coefficient (Wildman–Crippen LogP) is 4.27. The van der Waals surface area contributed by atoms with Crippen LogP contribution in [0.1, 0.15) is 18.9 Å². The van der Waals surface area contributed by atoms with Gasteiger partial charge in [-0.3, -0.25) is 14.9 Å². The van der Waals surface area contributed by atoms with Crippen LogP contribution < -0.4 is 0 Å². The summed E-state index contributed by atoms with van der Waals surface area (Å²) >= 11 is 6.60. The molecule has 3 rings (SSSR count). The van der Waals surface area contributed by atoms with Gasteiger partial charge >= 0.3 is 5.97 Å². The summed E-state index contributed by atoms with van der Waals surface area (Å²) in [5.74, 6) is -0.430. The van der Waals surface area contributed by atoms with Crippen molar-refractivity contribution in [3.05, 3.63) is 39.9 Å². The van der Waals surface area contributed by atoms with E-state index in [1.54, 1.807) is 18.2 Å². The molecule has 1 aromatic carbocycles. The fraction of sp³-hybridized carbons (Fsp3) is 0.652. The Morgan fingerprint density at radius 2 is 2.00 bits per heavy atom. The molecule has 0 saturated carbocycles. The molecule has 1 aromatic rings. The second-order valence-corrected chi connectivity index (χ2v) is 17.5. The highest BCUT2D eigenvalue weighted by molar-refractivity contribution is 8.23. The minimum Gasteiger partial charge on any atom is -0.471 e. The number of nitrogens with zero attached hydrogens (tertiary/aromatic N) is 1. The normalized spacial score (nSPS) is 27.9. The van der Waals surface area contributed by atoms with E-state index in [0.717, 1.165) is 6.04 Å². The lowest BCUT2D eigenvalue weighted by molar-refractivity contribution is -0.386. The molecule has 0 aromatic heterocycles. The lowest BCUT2D eigenvalue weighted by Crippen LogP contribution is -2.63. The second-order valence-electron chi connectivity index (χ2n) is 9.91. The standard InChI is InChI=1S/C23H33NO9S2Si/c1-15-23(12-18(25)28-2)20(33-22(34)35-23)19(31-14-29-10-11-36(3,4)5)21(32-15)30-13-16-8-6-7-9-17(16)24(26)27/h6-9,15,19-21H,10-14H2,1-5H3/t15-,19-,20-,21-,23+/m1/s1. The first-order valence-electron chi connectivity index (χ1n) is 11.6. The van der Waals surface area contributed by atoms with Gasteiger partial charge in [-0.05, 0) is 31.3 Å². The van der Waals surface area contributed by atoms with E-state index >= 15 is 0 Å². The highest BCUT2D eigenvalue weighted by atomic mass is 32.2. The predicted molar refractivity (Wildman–Crippen MR) is 140 cm³/mol. The van der Waals surface area contributed by atoms with Crippen molar-refractivity contribution in [2.75, 3.05) is 20.5 Å². The highest BCUT2D eigenvalue weighted by Gasteiger charge is 2.63. The molecule has 0 radical (unpaired) electrons. The van der Waals surface area contributed by atoms with Crippen LogP contribution in [0.3, 0.4) is 0 Å². The Labute approximate surface area is 221 Å². The zero-order valence-corrected chi connectivity index (χ0v) is 23.7. The summed E-state index contributed by atoms with van der Waals surface area (Å²) in [6.07, 6.45) is -2.98. The number of hydrogen-bond acceptors (Lipinski definition) is 11. The van der Waals surface area contributed by atoms with Crippen molar-refractivity contribution in [1.29, 1.82) is 0 Å². The fourth-order valence-corrected chi connectivity index (χ4v) is 6.56. The number of carbonyl (C=O) groups is 1. The molecule has 2 fully saturated rings. The summed E-state index contributed by atoms with van der Waals surface area (Å²) in [4.78, 5) is 23.3. The third-order valence-corrected chi connectivity index (χ3v) is 9.55. The van der Waals surface area contributed by atoms with Crippen molar-refractivity contribution >= 4 is 48.1 Å². The Kier molecular flexibility index (Phi) is 9.88. The molecule has 0 spiro atoms. The van der Waals surface area contributed by atoms with E-state index in [-0.39, 0.29) is 29.9 Å². The summed E-state index contributed by atoms with van der Waals surface area (Å²) in [6.45, 7) is 9.00. The van der Waals surface area contributed by atoms with Gasteiger partial charge in [-0.25, -0.2) is 0 Å². The second kappa shape index (κ2) is 12.3. The number of ether oxygens (including phenoxy) is 6. The summed E-state index contributed by atoms with van der Waals surface area (Å²) in [6, 6.07) is 7.31. The van der Waals surface area contributed by atoms with Crippen LogP contribution in [0.15, 0.2) is 24.3 Å². The molecular weight excluding hydrogens is 526 g/mol. The van der Waals surface area contributed by atoms with Crippen LogP contribution in [-0.2, 0) is 39.8 Å². The number of hydrogen-bond donors (Lipinski definition) is 0. The maximum Gasteiger partial charge on any atom is 0.307 e. The molecule has 10 nitrogen and oxygen atoms in total. The molecule has 2 heterocycles. The van der Waals surface area contributed by atoms with Crippen molar-refractivity contribution in [2.45, 2.75) is 75.0 Å². The Morgan fingerprint density at radius 1 is 1.28 bits per heavy atom. The molecule has 2 aliphatic rings. The van der Waals surface area contributed by atoms with Crippen LogP contribution in [0.5, 0.6) is 0 Å². The molecule has 200 valence electrons. The zero-order chi connectivity index (χ0) is 26.5. The van der Waals surface area contributed by atoms with E-state index in [1.807, 2.05) is 6.92 Å². The highest BCUT2D eigenvalue weighted by Crippen LogP contribution is 2.51. The van der Waals surface area contributed by atoms with Gasteiger partial charge in [0.05, 0.1) is 36.7 Å². The molecular formula is C23H33NO9S2Si. The lowest BCUT2D eigenvalue weighted by atomic mass is 9.85. The van der Waals surface area contributed by atoms with Gasteiger partial charge in [0.2, 0.25) is 4.38 Å². The van der Waals surface area contributed by atoms with Crippen molar-refractivity contribution in [2.24, 2.45) is 0 Å². The molecule has 0 aliphatic carbocycles. The number of nitro groups is 1. The van der Waals surface area contributed by atoms with Gasteiger partial charge in [0.1, 0.15) is 23.7 Å². The molecule has 13 heteroatoms. The average molecular weight is 560 g/mol. The number of carbonyl (C=O) groups excluding carboxylic acids is 1. The van der Waals surface area contributed by atoms with Crippen molar-refractivity contribution in [3.63, 3.8) is 0 Å². The Balaban J connectivity index is 1.81. The molecule has 0 bridgehead atoms. The van der Waals surface area contributed by atoms with Gasteiger partial charge in [-0.2, -0.15) is 0 Å². The summed E-state index contributed by atoms with van der Waals surface area (Å²) in [5, 5.41) is 11.4. The number of para-hydroxylation sites is 1. The van der Waals surface area contributed by atoms with Gasteiger partial charge in [-0.1, -0.05) is 43.5 Å². The van der Waals surface area contributed by atoms with E-state index in [0.29, 0.717) is 12.2 Å². The number of benzene rings is 1. The largest absolute Gasteiger partial charge is 0.471 e. The maximum absolute atomic E-state index is 12.3. The van der Waals surface area contributed by atoms with Gasteiger partial charge in [0.15, 0.2) is 6.29 Å². The topological polar surface area (TPSA) is 116 Å². The number of rotatable bonds is 12. The van der Waals surface area contributed by atoms with Gasteiger partial charge in [0, 0.05) is 20.7 Å². The van der Waals surface area contributed by atoms with E-state index in [4.69, 9.17) is 40.6 Å². The van der Waals surface area contributed by atoms with Gasteiger partial charge in [0.25, 0.3) is 5.69 Å². The Bertz CT molecular complexity index is 960. The van der Waals surface area contributed by atoms with Gasteiger partial charge < -0.3 is 28.4 Å².